The van der Waals surface area contributed by atoms with Crippen LogP contribution in [-0.2, 0) is 0 Å². The molecule has 2 atom stereocenters. The Morgan fingerprint density at radius 1 is 1.19 bits per heavy atom. The zero-order chi connectivity index (χ0) is 19.8. The number of anilines is 2. The Kier molecular flexibility index (Phi) is 5.24. The lowest BCUT2D eigenvalue weighted by atomic mass is 9.88. The van der Waals surface area contributed by atoms with E-state index in [0.29, 0.717) is 24.8 Å². The summed E-state index contributed by atoms with van der Waals surface area (Å²) in [5, 5.41) is 14.7. The van der Waals surface area contributed by atoms with Gasteiger partial charge < -0.3 is 15.7 Å². The van der Waals surface area contributed by atoms with Crippen molar-refractivity contribution in [3.8, 4) is 0 Å². The van der Waals surface area contributed by atoms with Crippen LogP contribution in [0, 0.1) is 0 Å². The van der Waals surface area contributed by atoms with Crippen molar-refractivity contribution in [2.75, 3.05) is 10.6 Å². The molecule has 1 saturated carbocycles. The van der Waals surface area contributed by atoms with Gasteiger partial charge in [-0.3, -0.25) is 0 Å². The van der Waals surface area contributed by atoms with Crippen molar-refractivity contribution < 1.29 is 27.1 Å². The molecule has 2 aliphatic carbocycles. The molecule has 150 valence electrons. The van der Waals surface area contributed by atoms with Gasteiger partial charge in [-0.1, -0.05) is 0 Å². The second-order valence-electron chi connectivity index (χ2n) is 6.97. The maximum absolute atomic E-state index is 13.0. The minimum atomic E-state index is -4.50. The van der Waals surface area contributed by atoms with E-state index in [0.717, 1.165) is 6.92 Å². The average molecular weight is 393 g/mol. The predicted molar refractivity (Wildman–Crippen MR) is 88.4 cm³/mol. The molecule has 0 saturated heterocycles. The number of hydrogen-bond donors (Lipinski definition) is 3. The fourth-order valence-corrected chi connectivity index (χ4v) is 2.96. The van der Waals surface area contributed by atoms with Crippen molar-refractivity contribution >= 4 is 17.5 Å². The molecule has 0 spiro atoms. The summed E-state index contributed by atoms with van der Waals surface area (Å²) in [6.45, 7) is 0.923. The average Bonchev–Trinajstić information content (AvgIpc) is 2.52. The summed E-state index contributed by atoms with van der Waals surface area (Å²) in [5.74, 6) is -3.01. The Balaban J connectivity index is 1.85. The van der Waals surface area contributed by atoms with Crippen LogP contribution in [0.3, 0.4) is 0 Å². The third-order valence-corrected chi connectivity index (χ3v) is 4.52. The lowest BCUT2D eigenvalue weighted by molar-refractivity contribution is -0.138. The van der Waals surface area contributed by atoms with Crippen molar-refractivity contribution in [2.24, 2.45) is 0 Å². The van der Waals surface area contributed by atoms with E-state index in [-0.39, 0.29) is 17.7 Å². The number of aromatic nitrogens is 3. The SMILES string of the molecule is C[C@@H](Nc1nc(NC2CC(F)(F)C2)nc(C2=CC(O)CCC2)n1)C(F)(F)F. The van der Waals surface area contributed by atoms with Crippen molar-refractivity contribution in [3.63, 3.8) is 0 Å². The van der Waals surface area contributed by atoms with Gasteiger partial charge >= 0.3 is 6.18 Å². The fourth-order valence-electron chi connectivity index (χ4n) is 2.96. The minimum Gasteiger partial charge on any atom is -0.389 e. The molecule has 0 amide bonds. The van der Waals surface area contributed by atoms with Gasteiger partial charge in [-0.15, -0.1) is 0 Å². The quantitative estimate of drug-likeness (QED) is 0.666. The van der Waals surface area contributed by atoms with Crippen LogP contribution >= 0.6 is 0 Å². The zero-order valence-corrected chi connectivity index (χ0v) is 14.5. The molecule has 11 heteroatoms. The Morgan fingerprint density at radius 2 is 1.85 bits per heavy atom. The van der Waals surface area contributed by atoms with Crippen LogP contribution in [-0.4, -0.2) is 50.3 Å². The second-order valence-corrected chi connectivity index (χ2v) is 6.97. The highest BCUT2D eigenvalue weighted by molar-refractivity contribution is 5.63. The molecular weight excluding hydrogens is 373 g/mol. The molecule has 0 bridgehead atoms. The van der Waals surface area contributed by atoms with E-state index in [1.165, 1.54) is 0 Å². The number of alkyl halides is 5. The monoisotopic (exact) mass is 393 g/mol. The third kappa shape index (κ3) is 5.02. The molecule has 1 unspecified atom stereocenters. The van der Waals surface area contributed by atoms with Crippen molar-refractivity contribution in [1.29, 1.82) is 0 Å². The molecule has 0 aromatic carbocycles. The van der Waals surface area contributed by atoms with E-state index in [4.69, 9.17) is 0 Å². The van der Waals surface area contributed by atoms with E-state index < -0.39 is 43.1 Å². The number of allylic oxidation sites excluding steroid dienone is 1. The molecule has 0 radical (unpaired) electrons. The number of hydrogen-bond acceptors (Lipinski definition) is 6. The summed E-state index contributed by atoms with van der Waals surface area (Å²) in [6.07, 6.45) is -2.61. The summed E-state index contributed by atoms with van der Waals surface area (Å²) >= 11 is 0. The lowest BCUT2D eigenvalue weighted by Gasteiger charge is -2.35. The van der Waals surface area contributed by atoms with Crippen molar-refractivity contribution in [3.05, 3.63) is 11.9 Å². The van der Waals surface area contributed by atoms with Crippen LogP contribution in [0.25, 0.3) is 5.57 Å². The zero-order valence-electron chi connectivity index (χ0n) is 14.5. The first kappa shape index (κ1) is 19.7. The first-order valence-corrected chi connectivity index (χ1v) is 8.65. The number of nitrogens with one attached hydrogen (secondary N) is 2. The van der Waals surface area contributed by atoms with Crippen LogP contribution in [0.2, 0.25) is 0 Å². The Labute approximate surface area is 152 Å². The van der Waals surface area contributed by atoms with E-state index in [1.807, 2.05) is 0 Å². The predicted octanol–water partition coefficient (Wildman–Crippen LogP) is 3.37. The molecule has 1 aromatic rings. The van der Waals surface area contributed by atoms with Crippen molar-refractivity contribution in [2.45, 2.75) is 69.3 Å². The number of nitrogens with zero attached hydrogens (tertiary/aromatic N) is 3. The van der Waals surface area contributed by atoms with Gasteiger partial charge in [0.2, 0.25) is 11.9 Å². The number of aliphatic hydroxyl groups excluding tert-OH is 1. The standard InChI is InChI=1S/C16H20F5N5O/c1-8(16(19,20)21)22-13-24-12(9-3-2-4-11(27)5-9)25-14(26-13)23-10-6-15(17,18)7-10/h5,8,10-11,27H,2-4,6-7H2,1H3,(H2,22,23,24,25,26)/t8-,11?/m1/s1. The smallest absolute Gasteiger partial charge is 0.389 e. The molecule has 0 aliphatic heterocycles. The highest BCUT2D eigenvalue weighted by Gasteiger charge is 2.45. The molecule has 27 heavy (non-hydrogen) atoms. The van der Waals surface area contributed by atoms with Crippen LogP contribution in [0.5, 0.6) is 0 Å². The molecule has 1 aromatic heterocycles. The largest absolute Gasteiger partial charge is 0.408 e. The molecule has 2 aliphatic rings. The van der Waals surface area contributed by atoms with Gasteiger partial charge in [-0.25, -0.2) is 8.78 Å². The maximum Gasteiger partial charge on any atom is 0.408 e. The molecule has 1 fully saturated rings. The summed E-state index contributed by atoms with van der Waals surface area (Å²) in [5.41, 5.74) is 0.584. The van der Waals surface area contributed by atoms with Gasteiger partial charge in [0, 0.05) is 18.9 Å². The van der Waals surface area contributed by atoms with Gasteiger partial charge in [-0.05, 0) is 37.8 Å². The van der Waals surface area contributed by atoms with E-state index in [1.54, 1.807) is 6.08 Å². The van der Waals surface area contributed by atoms with Gasteiger partial charge in [-0.2, -0.15) is 28.1 Å². The van der Waals surface area contributed by atoms with Crippen LogP contribution in [0.15, 0.2) is 6.08 Å². The van der Waals surface area contributed by atoms with E-state index in [2.05, 4.69) is 25.6 Å². The van der Waals surface area contributed by atoms with Crippen molar-refractivity contribution in [1.82, 2.24) is 15.0 Å². The van der Waals surface area contributed by atoms with Gasteiger partial charge in [0.05, 0.1) is 6.10 Å². The van der Waals surface area contributed by atoms with Gasteiger partial charge in [0.15, 0.2) is 5.82 Å². The van der Waals surface area contributed by atoms with Crippen LogP contribution < -0.4 is 10.6 Å². The number of rotatable bonds is 5. The molecule has 6 nitrogen and oxygen atoms in total. The molecule has 1 heterocycles. The topological polar surface area (TPSA) is 83.0 Å². The van der Waals surface area contributed by atoms with Crippen LogP contribution in [0.4, 0.5) is 33.8 Å². The lowest BCUT2D eigenvalue weighted by Crippen LogP contribution is -2.44. The summed E-state index contributed by atoms with van der Waals surface area (Å²) in [4.78, 5) is 12.1. The first-order valence-electron chi connectivity index (χ1n) is 8.65. The minimum absolute atomic E-state index is 0.0710. The summed E-state index contributed by atoms with van der Waals surface area (Å²) < 4.78 is 64.5. The molecule has 3 rings (SSSR count). The van der Waals surface area contributed by atoms with E-state index in [9.17, 15) is 27.1 Å². The van der Waals surface area contributed by atoms with Crippen LogP contribution in [0.1, 0.15) is 44.9 Å². The molecular formula is C16H20F5N5O. The fraction of sp³-hybridized carbons (Fsp3) is 0.688. The highest BCUT2D eigenvalue weighted by Crippen LogP contribution is 2.39. The van der Waals surface area contributed by atoms with Gasteiger partial charge in [0.1, 0.15) is 6.04 Å². The Hall–Kier alpha value is -2.04. The molecule has 3 N–H and O–H groups in total. The van der Waals surface area contributed by atoms with E-state index >= 15 is 0 Å². The normalized spacial score (nSPS) is 24.0. The Morgan fingerprint density at radius 3 is 2.44 bits per heavy atom. The summed E-state index contributed by atoms with van der Waals surface area (Å²) in [6, 6.07) is -2.46. The maximum atomic E-state index is 13.0. The number of aliphatic hydroxyl groups is 1. The van der Waals surface area contributed by atoms with Gasteiger partial charge in [0.25, 0.3) is 5.92 Å². The summed E-state index contributed by atoms with van der Waals surface area (Å²) in [7, 11) is 0. The highest BCUT2D eigenvalue weighted by atomic mass is 19.4. The second kappa shape index (κ2) is 7.17. The third-order valence-electron chi connectivity index (χ3n) is 4.52. The first-order chi connectivity index (χ1) is 12.5. The number of halogens is 5. The Bertz CT molecular complexity index is 716.